The number of hydrogen-bond donors (Lipinski definition) is 3. The molecule has 0 aromatic rings. The molecule has 0 radical (unpaired) electrons. The second kappa shape index (κ2) is 6.86. The molecule has 0 saturated heterocycles. The molecular formula is C12H26N2O2. The minimum Gasteiger partial charge on any atom is -0.396 e. The van der Waals surface area contributed by atoms with Gasteiger partial charge in [-0.25, -0.2) is 0 Å². The second-order valence-corrected chi connectivity index (χ2v) is 5.59. The van der Waals surface area contributed by atoms with Gasteiger partial charge in [0, 0.05) is 13.2 Å². The zero-order valence-electron chi connectivity index (χ0n) is 10.9. The molecule has 96 valence electrons. The van der Waals surface area contributed by atoms with Gasteiger partial charge >= 0.3 is 0 Å². The Morgan fingerprint density at radius 2 is 2.00 bits per heavy atom. The zero-order valence-corrected chi connectivity index (χ0v) is 10.9. The van der Waals surface area contributed by atoms with Gasteiger partial charge in [-0.3, -0.25) is 4.79 Å². The van der Waals surface area contributed by atoms with Crippen molar-refractivity contribution in [3.05, 3.63) is 0 Å². The maximum absolute atomic E-state index is 11.6. The summed E-state index contributed by atoms with van der Waals surface area (Å²) in [7, 11) is 0. The Labute approximate surface area is 98.6 Å². The monoisotopic (exact) mass is 230 g/mol. The molecule has 0 aliphatic carbocycles. The molecule has 4 nitrogen and oxygen atoms in total. The first-order valence-corrected chi connectivity index (χ1v) is 5.92. The topological polar surface area (TPSA) is 75.4 Å². The zero-order chi connectivity index (χ0) is 12.8. The molecule has 1 amide bonds. The number of hydrogen-bond acceptors (Lipinski definition) is 3. The number of carbonyl (C=O) groups excluding carboxylic acids is 1. The summed E-state index contributed by atoms with van der Waals surface area (Å²) in [5, 5.41) is 11.7. The molecule has 16 heavy (non-hydrogen) atoms. The second-order valence-electron chi connectivity index (χ2n) is 5.59. The van der Waals surface area contributed by atoms with Gasteiger partial charge in [-0.15, -0.1) is 0 Å². The Bertz CT molecular complexity index is 215. The van der Waals surface area contributed by atoms with E-state index in [1.165, 1.54) is 0 Å². The van der Waals surface area contributed by atoms with Crippen LogP contribution < -0.4 is 11.1 Å². The van der Waals surface area contributed by atoms with E-state index in [4.69, 9.17) is 10.8 Å². The van der Waals surface area contributed by atoms with Crippen LogP contribution in [-0.2, 0) is 4.79 Å². The smallest absolute Gasteiger partial charge is 0.236 e. The van der Waals surface area contributed by atoms with Crippen LogP contribution in [0.2, 0.25) is 0 Å². The van der Waals surface area contributed by atoms with Gasteiger partial charge in [0.1, 0.15) is 0 Å². The largest absolute Gasteiger partial charge is 0.396 e. The standard InChI is InChI=1S/C12H26N2O2/c1-9(2)7-10(13)11(16)14-8-12(3,4)5-6-15/h9-10,15H,5-8,13H2,1-4H3,(H,14,16). The Morgan fingerprint density at radius 1 is 1.44 bits per heavy atom. The molecular weight excluding hydrogens is 204 g/mol. The fourth-order valence-electron chi connectivity index (χ4n) is 1.46. The average molecular weight is 230 g/mol. The SMILES string of the molecule is CC(C)CC(N)C(=O)NCC(C)(C)CCO. The van der Waals surface area contributed by atoms with Crippen LogP contribution in [0.1, 0.15) is 40.5 Å². The molecule has 1 unspecified atom stereocenters. The summed E-state index contributed by atoms with van der Waals surface area (Å²) < 4.78 is 0. The third-order valence-corrected chi connectivity index (χ3v) is 2.59. The highest BCUT2D eigenvalue weighted by atomic mass is 16.3. The van der Waals surface area contributed by atoms with E-state index in [9.17, 15) is 4.79 Å². The summed E-state index contributed by atoms with van der Waals surface area (Å²) in [5.41, 5.74) is 5.68. The molecule has 0 aliphatic heterocycles. The number of aliphatic hydroxyl groups excluding tert-OH is 1. The molecule has 0 heterocycles. The van der Waals surface area contributed by atoms with Gasteiger partial charge in [-0.05, 0) is 24.2 Å². The molecule has 0 aliphatic rings. The summed E-state index contributed by atoms with van der Waals surface area (Å²) in [6.45, 7) is 8.81. The Kier molecular flexibility index (Phi) is 6.60. The van der Waals surface area contributed by atoms with Crippen LogP contribution in [0.25, 0.3) is 0 Å². The van der Waals surface area contributed by atoms with Crippen LogP contribution >= 0.6 is 0 Å². The lowest BCUT2D eigenvalue weighted by molar-refractivity contribution is -0.123. The molecule has 1 atom stereocenters. The quantitative estimate of drug-likeness (QED) is 0.608. The van der Waals surface area contributed by atoms with Crippen LogP contribution in [0.4, 0.5) is 0 Å². The third-order valence-electron chi connectivity index (χ3n) is 2.59. The highest BCUT2D eigenvalue weighted by Crippen LogP contribution is 2.18. The molecule has 0 aromatic heterocycles. The predicted molar refractivity (Wildman–Crippen MR) is 65.9 cm³/mol. The van der Waals surface area contributed by atoms with E-state index in [-0.39, 0.29) is 17.9 Å². The van der Waals surface area contributed by atoms with Crippen LogP contribution in [0.5, 0.6) is 0 Å². The van der Waals surface area contributed by atoms with Crippen molar-refractivity contribution in [2.75, 3.05) is 13.2 Å². The first-order valence-electron chi connectivity index (χ1n) is 5.92. The first kappa shape index (κ1) is 15.4. The molecule has 0 spiro atoms. The number of aliphatic hydroxyl groups is 1. The van der Waals surface area contributed by atoms with Crippen LogP contribution in [0.15, 0.2) is 0 Å². The van der Waals surface area contributed by atoms with Gasteiger partial charge in [0.2, 0.25) is 5.91 Å². The number of nitrogens with two attached hydrogens (primary N) is 1. The summed E-state index contributed by atoms with van der Waals surface area (Å²) in [6, 6.07) is -0.426. The summed E-state index contributed by atoms with van der Waals surface area (Å²) >= 11 is 0. The minimum absolute atomic E-state index is 0.0814. The highest BCUT2D eigenvalue weighted by molar-refractivity contribution is 5.81. The highest BCUT2D eigenvalue weighted by Gasteiger charge is 2.20. The van der Waals surface area contributed by atoms with Gasteiger partial charge in [-0.2, -0.15) is 0 Å². The Morgan fingerprint density at radius 3 is 2.44 bits per heavy atom. The van der Waals surface area contributed by atoms with Gasteiger partial charge < -0.3 is 16.2 Å². The Balaban J connectivity index is 3.97. The number of amides is 1. The fraction of sp³-hybridized carbons (Fsp3) is 0.917. The molecule has 0 aromatic carbocycles. The lowest BCUT2D eigenvalue weighted by atomic mass is 9.89. The van der Waals surface area contributed by atoms with Crippen molar-refractivity contribution in [3.8, 4) is 0 Å². The molecule has 0 rings (SSSR count). The fourth-order valence-corrected chi connectivity index (χ4v) is 1.46. The average Bonchev–Trinajstić information content (AvgIpc) is 2.13. The lowest BCUT2D eigenvalue weighted by Gasteiger charge is -2.25. The van der Waals surface area contributed by atoms with E-state index in [1.807, 2.05) is 27.7 Å². The molecule has 4 heteroatoms. The van der Waals surface area contributed by atoms with Crippen LogP contribution in [-0.4, -0.2) is 30.2 Å². The van der Waals surface area contributed by atoms with Gasteiger partial charge in [-0.1, -0.05) is 27.7 Å². The van der Waals surface area contributed by atoms with E-state index in [0.29, 0.717) is 25.3 Å². The van der Waals surface area contributed by atoms with Gasteiger partial charge in [0.15, 0.2) is 0 Å². The Hall–Kier alpha value is -0.610. The van der Waals surface area contributed by atoms with E-state index < -0.39 is 6.04 Å². The molecule has 0 saturated carbocycles. The van der Waals surface area contributed by atoms with E-state index >= 15 is 0 Å². The molecule has 0 fully saturated rings. The van der Waals surface area contributed by atoms with E-state index in [2.05, 4.69) is 5.32 Å². The van der Waals surface area contributed by atoms with Crippen molar-refractivity contribution >= 4 is 5.91 Å². The first-order chi connectivity index (χ1) is 7.28. The van der Waals surface area contributed by atoms with Gasteiger partial charge in [0.25, 0.3) is 0 Å². The van der Waals surface area contributed by atoms with Crippen molar-refractivity contribution < 1.29 is 9.90 Å². The van der Waals surface area contributed by atoms with Crippen LogP contribution in [0, 0.1) is 11.3 Å². The van der Waals surface area contributed by atoms with E-state index in [1.54, 1.807) is 0 Å². The summed E-state index contributed by atoms with van der Waals surface area (Å²) in [5.74, 6) is 0.325. The maximum atomic E-state index is 11.6. The third kappa shape index (κ3) is 6.80. The van der Waals surface area contributed by atoms with Crippen LogP contribution in [0.3, 0.4) is 0 Å². The molecule has 0 bridgehead atoms. The molecule has 4 N–H and O–H groups in total. The van der Waals surface area contributed by atoms with Crippen molar-refractivity contribution in [2.24, 2.45) is 17.1 Å². The predicted octanol–water partition coefficient (Wildman–Crippen LogP) is 0.885. The van der Waals surface area contributed by atoms with Crippen molar-refractivity contribution in [2.45, 2.75) is 46.6 Å². The normalized spacial score (nSPS) is 13.9. The van der Waals surface area contributed by atoms with E-state index in [0.717, 1.165) is 0 Å². The maximum Gasteiger partial charge on any atom is 0.236 e. The van der Waals surface area contributed by atoms with Crippen molar-refractivity contribution in [1.82, 2.24) is 5.32 Å². The summed E-state index contributed by atoms with van der Waals surface area (Å²) in [6.07, 6.45) is 1.37. The summed E-state index contributed by atoms with van der Waals surface area (Å²) in [4.78, 5) is 11.6. The van der Waals surface area contributed by atoms with Crippen molar-refractivity contribution in [3.63, 3.8) is 0 Å². The lowest BCUT2D eigenvalue weighted by Crippen LogP contribution is -2.44. The van der Waals surface area contributed by atoms with Gasteiger partial charge in [0.05, 0.1) is 6.04 Å². The number of nitrogens with one attached hydrogen (secondary N) is 1. The number of rotatable bonds is 7. The van der Waals surface area contributed by atoms with Crippen molar-refractivity contribution in [1.29, 1.82) is 0 Å². The number of carbonyl (C=O) groups is 1. The minimum atomic E-state index is -0.426.